The van der Waals surface area contributed by atoms with E-state index in [0.717, 1.165) is 57.8 Å². The van der Waals surface area contributed by atoms with E-state index in [1.54, 1.807) is 30.5 Å². The molecule has 2 fully saturated rings. The summed E-state index contributed by atoms with van der Waals surface area (Å²) in [5.41, 5.74) is 5.25. The molecular formula is C49H50ClN7O7S. The van der Waals surface area contributed by atoms with Crippen LogP contribution in [-0.2, 0) is 21.3 Å². The number of benzene rings is 5. The number of rotatable bonds is 14. The highest BCUT2D eigenvalue weighted by Crippen LogP contribution is 2.37. The molecule has 0 saturated carbocycles. The molecule has 0 atom stereocenters. The van der Waals surface area contributed by atoms with Crippen LogP contribution in [0.2, 0.25) is 5.02 Å². The van der Waals surface area contributed by atoms with Gasteiger partial charge >= 0.3 is 0 Å². The summed E-state index contributed by atoms with van der Waals surface area (Å²) >= 11 is 7.14. The first-order valence-corrected chi connectivity index (χ1v) is 23.3. The summed E-state index contributed by atoms with van der Waals surface area (Å²) < 4.78 is 41.5. The van der Waals surface area contributed by atoms with Gasteiger partial charge in [-0.2, -0.15) is 0 Å². The number of aromatic amines is 1. The summed E-state index contributed by atoms with van der Waals surface area (Å²) in [4.78, 5) is 34.8. The standard InChI is InChI=1S/C49H50ClN7O7S/c1-54(2)23-7-10-36-13-16-39(35-8-4-3-5-9-35)42(48(36)50)33-55-24-26-56(27-25-55)37-14-17-41(47(30-37)64-46-12-6-11-43-40(46)19-22-51-43)49(58)53-65(61,62)38-15-18-44(45(31-38)57(59)60)52-32-34-20-28-63-29-21-34/h3-6,8-9,11-19,22,30-31,34,51-52H,20-21,23-29,32-33H2,1-2H3,(H,53,58). The Bertz CT molecular complexity index is 2860. The maximum absolute atomic E-state index is 14.0. The Hall–Kier alpha value is -6.41. The van der Waals surface area contributed by atoms with Crippen LogP contribution in [-0.4, -0.2) is 101 Å². The predicted octanol–water partition coefficient (Wildman–Crippen LogP) is 8.38. The van der Waals surface area contributed by atoms with Crippen molar-refractivity contribution >= 4 is 55.5 Å². The number of halogens is 1. The molecule has 8 rings (SSSR count). The van der Waals surface area contributed by atoms with Gasteiger partial charge in [-0.3, -0.25) is 24.7 Å². The predicted molar refractivity (Wildman–Crippen MR) is 254 cm³/mol. The van der Waals surface area contributed by atoms with Gasteiger partial charge in [0.2, 0.25) is 0 Å². The third-order valence-corrected chi connectivity index (χ3v) is 13.4. The van der Waals surface area contributed by atoms with Crippen molar-refractivity contribution < 1.29 is 27.6 Å². The van der Waals surface area contributed by atoms with Gasteiger partial charge in [0, 0.05) is 93.0 Å². The van der Waals surface area contributed by atoms with Crippen LogP contribution in [0.5, 0.6) is 11.5 Å². The van der Waals surface area contributed by atoms with Crippen molar-refractivity contribution in [1.29, 1.82) is 0 Å². The van der Waals surface area contributed by atoms with E-state index in [1.165, 1.54) is 12.1 Å². The lowest BCUT2D eigenvalue weighted by Gasteiger charge is -2.36. The maximum atomic E-state index is 14.0. The number of aromatic nitrogens is 1. The Morgan fingerprint density at radius 1 is 0.954 bits per heavy atom. The van der Waals surface area contributed by atoms with Crippen LogP contribution in [0.4, 0.5) is 17.1 Å². The smallest absolute Gasteiger partial charge is 0.293 e. The van der Waals surface area contributed by atoms with Gasteiger partial charge in [-0.25, -0.2) is 13.1 Å². The van der Waals surface area contributed by atoms with Crippen molar-refractivity contribution in [3.8, 4) is 34.5 Å². The summed E-state index contributed by atoms with van der Waals surface area (Å²) in [6.45, 7) is 5.65. The normalized spacial score (nSPS) is 14.8. The van der Waals surface area contributed by atoms with Gasteiger partial charge in [-0.15, -0.1) is 0 Å². The molecule has 6 aromatic rings. The van der Waals surface area contributed by atoms with Gasteiger partial charge in [0.05, 0.1) is 26.9 Å². The molecule has 0 bridgehead atoms. The largest absolute Gasteiger partial charge is 0.456 e. The number of piperazine rings is 1. The Kier molecular flexibility index (Phi) is 14.0. The fourth-order valence-corrected chi connectivity index (χ4v) is 9.36. The topological polar surface area (TPSA) is 162 Å². The average Bonchev–Trinajstić information content (AvgIpc) is 3.80. The van der Waals surface area contributed by atoms with Crippen molar-refractivity contribution in [2.24, 2.45) is 5.92 Å². The van der Waals surface area contributed by atoms with E-state index in [4.69, 9.17) is 21.1 Å². The van der Waals surface area contributed by atoms with Crippen LogP contribution in [0.25, 0.3) is 22.0 Å². The number of ether oxygens (including phenoxy) is 2. The van der Waals surface area contributed by atoms with Crippen molar-refractivity contribution in [3.63, 3.8) is 0 Å². The van der Waals surface area contributed by atoms with Crippen LogP contribution >= 0.6 is 11.6 Å². The molecule has 0 unspecified atom stereocenters. The zero-order valence-electron chi connectivity index (χ0n) is 36.2. The fraction of sp³-hybridized carbons (Fsp3) is 0.286. The van der Waals surface area contributed by atoms with Crippen LogP contribution in [0.1, 0.15) is 34.3 Å². The number of nitro benzene ring substituents is 1. The van der Waals surface area contributed by atoms with Gasteiger partial charge in [0.15, 0.2) is 0 Å². The molecular weight excluding hydrogens is 866 g/mol. The molecule has 0 spiro atoms. The second-order valence-corrected chi connectivity index (χ2v) is 18.5. The van der Waals surface area contributed by atoms with Gasteiger partial charge in [-0.05, 0) is 98.1 Å². The van der Waals surface area contributed by atoms with Crippen molar-refractivity contribution in [3.05, 3.63) is 141 Å². The molecule has 2 aliphatic heterocycles. The monoisotopic (exact) mass is 915 g/mol. The van der Waals surface area contributed by atoms with E-state index in [1.807, 2.05) is 61.5 Å². The Balaban J connectivity index is 1.02. The van der Waals surface area contributed by atoms with Crippen molar-refractivity contribution in [1.82, 2.24) is 19.5 Å². The lowest BCUT2D eigenvalue weighted by molar-refractivity contribution is -0.384. The number of carbonyl (C=O) groups is 1. The number of nitrogens with one attached hydrogen (secondary N) is 3. The third-order valence-electron chi connectivity index (χ3n) is 11.7. The SMILES string of the molecule is CN(C)CC#Cc1ccc(-c2ccccc2)c(CN2CCN(c3ccc(C(=O)NS(=O)(=O)c4ccc(NCC5CCOCC5)c([N+](=O)[O-])c4)c(Oc4cccc5[nH]ccc45)c3)CC2)c1Cl. The van der Waals surface area contributed by atoms with Gasteiger partial charge in [0.25, 0.3) is 21.6 Å². The maximum Gasteiger partial charge on any atom is 0.293 e. The average molecular weight is 917 g/mol. The second-order valence-electron chi connectivity index (χ2n) is 16.4. The van der Waals surface area contributed by atoms with E-state index < -0.39 is 31.4 Å². The molecule has 16 heteroatoms. The molecule has 1 aromatic heterocycles. The molecule has 14 nitrogen and oxygen atoms in total. The van der Waals surface area contributed by atoms with E-state index in [2.05, 4.69) is 54.9 Å². The highest BCUT2D eigenvalue weighted by molar-refractivity contribution is 7.90. The molecule has 5 aromatic carbocycles. The first-order chi connectivity index (χ1) is 31.4. The quantitative estimate of drug-likeness (QED) is 0.0547. The first-order valence-electron chi connectivity index (χ1n) is 21.5. The zero-order chi connectivity index (χ0) is 45.5. The van der Waals surface area contributed by atoms with E-state index in [9.17, 15) is 23.3 Å². The lowest BCUT2D eigenvalue weighted by Crippen LogP contribution is -2.46. The second kappa shape index (κ2) is 20.2. The van der Waals surface area contributed by atoms with Gasteiger partial charge in [-0.1, -0.05) is 65.9 Å². The molecule has 3 heterocycles. The fourth-order valence-electron chi connectivity index (χ4n) is 8.10. The van der Waals surface area contributed by atoms with Crippen LogP contribution in [0.3, 0.4) is 0 Å². The molecule has 0 aliphatic carbocycles. The Labute approximate surface area is 383 Å². The summed E-state index contributed by atoms with van der Waals surface area (Å²) in [5.74, 6) is 6.38. The highest BCUT2D eigenvalue weighted by Gasteiger charge is 2.28. The number of nitro groups is 1. The minimum Gasteiger partial charge on any atom is -0.456 e. The van der Waals surface area contributed by atoms with E-state index in [-0.39, 0.29) is 22.9 Å². The minimum atomic E-state index is -4.57. The number of carbonyl (C=O) groups excluding carboxylic acids is 1. The molecule has 2 aliphatic rings. The number of H-pyrrole nitrogens is 1. The molecule has 1 amide bonds. The Morgan fingerprint density at radius 2 is 1.74 bits per heavy atom. The van der Waals surface area contributed by atoms with Crippen LogP contribution in [0.15, 0.2) is 114 Å². The number of amides is 1. The lowest BCUT2D eigenvalue weighted by atomic mass is 9.96. The summed E-state index contributed by atoms with van der Waals surface area (Å²) in [6, 6.07) is 30.2. The molecule has 65 heavy (non-hydrogen) atoms. The number of anilines is 2. The summed E-state index contributed by atoms with van der Waals surface area (Å²) in [6.07, 6.45) is 3.42. The van der Waals surface area contributed by atoms with Crippen LogP contribution in [0, 0.1) is 27.9 Å². The molecule has 336 valence electrons. The van der Waals surface area contributed by atoms with E-state index >= 15 is 0 Å². The highest BCUT2D eigenvalue weighted by atomic mass is 35.5. The molecule has 0 radical (unpaired) electrons. The number of sulfonamides is 1. The molecule has 3 N–H and O–H groups in total. The van der Waals surface area contributed by atoms with Crippen molar-refractivity contribution in [2.45, 2.75) is 24.3 Å². The van der Waals surface area contributed by atoms with Crippen molar-refractivity contribution in [2.75, 3.05) is 76.8 Å². The summed E-state index contributed by atoms with van der Waals surface area (Å²) in [7, 11) is -0.621. The van der Waals surface area contributed by atoms with E-state index in [0.29, 0.717) is 69.8 Å². The summed E-state index contributed by atoms with van der Waals surface area (Å²) in [5, 5.41) is 16.6. The number of fused-ring (bicyclic) bond motifs is 1. The van der Waals surface area contributed by atoms with Gasteiger partial charge < -0.3 is 24.7 Å². The number of hydrogen-bond acceptors (Lipinski definition) is 11. The third kappa shape index (κ3) is 10.8. The Morgan fingerprint density at radius 3 is 2.49 bits per heavy atom. The number of nitrogens with zero attached hydrogens (tertiary/aromatic N) is 4. The van der Waals surface area contributed by atoms with Crippen LogP contribution < -0.4 is 19.7 Å². The number of hydrogen-bond donors (Lipinski definition) is 3. The van der Waals surface area contributed by atoms with Gasteiger partial charge in [0.1, 0.15) is 17.2 Å². The first kappa shape index (κ1) is 45.2. The minimum absolute atomic E-state index is 0.0376. The molecule has 2 saturated heterocycles. The zero-order valence-corrected chi connectivity index (χ0v) is 37.8.